The summed E-state index contributed by atoms with van der Waals surface area (Å²) in [6.07, 6.45) is 0. The molecule has 0 fully saturated rings. The molecule has 98 valence electrons. The number of para-hydroxylation sites is 1. The van der Waals surface area contributed by atoms with E-state index >= 15 is 0 Å². The van der Waals surface area contributed by atoms with E-state index in [1.807, 2.05) is 0 Å². The Morgan fingerprint density at radius 3 is 2.61 bits per heavy atom. The number of rotatable bonds is 5. The normalized spacial score (nSPS) is 12.2. The zero-order valence-corrected chi connectivity index (χ0v) is 11.1. The van der Waals surface area contributed by atoms with Crippen LogP contribution in [-0.4, -0.2) is 36.3 Å². The average Bonchev–Trinajstić information content (AvgIpc) is 2.30. The summed E-state index contributed by atoms with van der Waals surface area (Å²) in [5.74, 6) is -0.721. The number of primary amides is 1. The van der Waals surface area contributed by atoms with Crippen molar-refractivity contribution >= 4 is 29.1 Å². The van der Waals surface area contributed by atoms with Gasteiger partial charge in [-0.25, -0.2) is 0 Å². The minimum absolute atomic E-state index is 0.0648. The Bertz CT molecular complexity index is 451. The van der Waals surface area contributed by atoms with E-state index in [1.165, 1.54) is 0 Å². The van der Waals surface area contributed by atoms with E-state index in [0.29, 0.717) is 10.7 Å². The van der Waals surface area contributed by atoms with Gasteiger partial charge in [-0.05, 0) is 26.1 Å². The van der Waals surface area contributed by atoms with Gasteiger partial charge in [-0.3, -0.25) is 14.5 Å². The number of anilines is 1. The fourth-order valence-corrected chi connectivity index (χ4v) is 1.52. The van der Waals surface area contributed by atoms with Crippen molar-refractivity contribution in [2.45, 2.75) is 13.0 Å². The first-order valence-corrected chi connectivity index (χ1v) is 5.83. The molecule has 0 radical (unpaired) electrons. The number of halogens is 1. The second kappa shape index (κ2) is 6.37. The zero-order valence-electron chi connectivity index (χ0n) is 10.3. The maximum absolute atomic E-state index is 11.7. The van der Waals surface area contributed by atoms with Crippen molar-refractivity contribution in [1.29, 1.82) is 0 Å². The first kappa shape index (κ1) is 14.5. The molecule has 18 heavy (non-hydrogen) atoms. The fraction of sp³-hybridized carbons (Fsp3) is 0.333. The molecule has 3 N–H and O–H groups in total. The van der Waals surface area contributed by atoms with E-state index in [2.05, 4.69) is 5.32 Å². The van der Waals surface area contributed by atoms with E-state index in [4.69, 9.17) is 17.3 Å². The van der Waals surface area contributed by atoms with Crippen LogP contribution in [0.5, 0.6) is 0 Å². The van der Waals surface area contributed by atoms with Crippen LogP contribution >= 0.6 is 11.6 Å². The summed E-state index contributed by atoms with van der Waals surface area (Å²) in [7, 11) is 1.65. The third kappa shape index (κ3) is 4.01. The number of hydrogen-bond acceptors (Lipinski definition) is 3. The Kier molecular flexibility index (Phi) is 5.12. The van der Waals surface area contributed by atoms with Crippen LogP contribution in [0.15, 0.2) is 24.3 Å². The molecular weight excluding hydrogens is 254 g/mol. The smallest absolute Gasteiger partial charge is 0.238 e. The summed E-state index contributed by atoms with van der Waals surface area (Å²) in [5.41, 5.74) is 5.70. The van der Waals surface area contributed by atoms with Crippen molar-refractivity contribution in [1.82, 2.24) is 4.90 Å². The molecule has 0 spiro atoms. The van der Waals surface area contributed by atoms with Gasteiger partial charge in [0.05, 0.1) is 23.3 Å². The van der Waals surface area contributed by atoms with Gasteiger partial charge in [-0.1, -0.05) is 23.7 Å². The maximum Gasteiger partial charge on any atom is 0.238 e. The molecule has 5 nitrogen and oxygen atoms in total. The topological polar surface area (TPSA) is 75.4 Å². The monoisotopic (exact) mass is 269 g/mol. The van der Waals surface area contributed by atoms with Crippen molar-refractivity contribution in [3.63, 3.8) is 0 Å². The number of benzene rings is 1. The van der Waals surface area contributed by atoms with Crippen LogP contribution in [0.3, 0.4) is 0 Å². The van der Waals surface area contributed by atoms with Crippen LogP contribution in [0.2, 0.25) is 5.02 Å². The molecule has 1 rings (SSSR count). The van der Waals surface area contributed by atoms with Gasteiger partial charge in [0.15, 0.2) is 0 Å². The molecule has 0 aliphatic rings. The van der Waals surface area contributed by atoms with Crippen LogP contribution in [0, 0.1) is 0 Å². The average molecular weight is 270 g/mol. The van der Waals surface area contributed by atoms with Gasteiger partial charge in [-0.15, -0.1) is 0 Å². The number of likely N-dealkylation sites (N-methyl/N-ethyl adjacent to an activating group) is 1. The lowest BCUT2D eigenvalue weighted by atomic mass is 10.2. The third-order valence-electron chi connectivity index (χ3n) is 2.61. The standard InChI is InChI=1S/C12H16ClN3O2/c1-8(12(14)18)16(2)7-11(17)15-10-6-4-3-5-9(10)13/h3-6,8H,7H2,1-2H3,(H2,14,18)(H,15,17)/t8-/m1/s1. The Morgan fingerprint density at radius 1 is 1.44 bits per heavy atom. The first-order chi connectivity index (χ1) is 8.41. The molecule has 0 aliphatic heterocycles. The molecule has 0 bridgehead atoms. The predicted molar refractivity (Wildman–Crippen MR) is 71.4 cm³/mol. The summed E-state index contributed by atoms with van der Waals surface area (Å²) in [6, 6.07) is 6.45. The zero-order chi connectivity index (χ0) is 13.7. The van der Waals surface area contributed by atoms with Crippen LogP contribution in [-0.2, 0) is 9.59 Å². The summed E-state index contributed by atoms with van der Waals surface area (Å²) < 4.78 is 0. The minimum Gasteiger partial charge on any atom is -0.368 e. The van der Waals surface area contributed by atoms with Gasteiger partial charge in [0.1, 0.15) is 0 Å². The highest BCUT2D eigenvalue weighted by atomic mass is 35.5. The quantitative estimate of drug-likeness (QED) is 0.840. The van der Waals surface area contributed by atoms with Crippen LogP contribution in [0.4, 0.5) is 5.69 Å². The lowest BCUT2D eigenvalue weighted by molar-refractivity contribution is -0.123. The number of carbonyl (C=O) groups is 2. The Hall–Kier alpha value is -1.59. The molecule has 1 atom stereocenters. The van der Waals surface area contributed by atoms with Gasteiger partial charge in [0.25, 0.3) is 0 Å². The van der Waals surface area contributed by atoms with Crippen molar-refractivity contribution in [2.75, 3.05) is 18.9 Å². The molecule has 2 amide bonds. The van der Waals surface area contributed by atoms with Crippen molar-refractivity contribution in [3.8, 4) is 0 Å². The highest BCUT2D eigenvalue weighted by Crippen LogP contribution is 2.20. The summed E-state index contributed by atoms with van der Waals surface area (Å²) in [5, 5.41) is 3.14. The van der Waals surface area contributed by atoms with E-state index < -0.39 is 11.9 Å². The van der Waals surface area contributed by atoms with E-state index in [9.17, 15) is 9.59 Å². The third-order valence-corrected chi connectivity index (χ3v) is 2.94. The van der Waals surface area contributed by atoms with Gasteiger partial charge in [0, 0.05) is 0 Å². The number of hydrogen-bond donors (Lipinski definition) is 2. The number of nitrogens with zero attached hydrogens (tertiary/aromatic N) is 1. The molecule has 1 aromatic rings. The molecule has 0 saturated heterocycles. The van der Waals surface area contributed by atoms with Crippen molar-refractivity contribution in [3.05, 3.63) is 29.3 Å². The second-order valence-electron chi connectivity index (χ2n) is 4.02. The van der Waals surface area contributed by atoms with E-state index in [1.54, 1.807) is 43.1 Å². The summed E-state index contributed by atoms with van der Waals surface area (Å²) in [6.45, 7) is 1.71. The second-order valence-corrected chi connectivity index (χ2v) is 4.43. The van der Waals surface area contributed by atoms with Crippen molar-refractivity contribution < 1.29 is 9.59 Å². The maximum atomic E-state index is 11.7. The molecule has 1 aromatic carbocycles. The molecule has 0 unspecified atom stereocenters. The van der Waals surface area contributed by atoms with E-state index in [-0.39, 0.29) is 12.5 Å². The van der Waals surface area contributed by atoms with Crippen LogP contribution in [0.25, 0.3) is 0 Å². The van der Waals surface area contributed by atoms with E-state index in [0.717, 1.165) is 0 Å². The van der Waals surface area contributed by atoms with Crippen LogP contribution < -0.4 is 11.1 Å². The molecular formula is C12H16ClN3O2. The highest BCUT2D eigenvalue weighted by molar-refractivity contribution is 6.33. The predicted octanol–water partition coefficient (Wildman–Crippen LogP) is 1.08. The Labute approximate surface area is 111 Å². The Balaban J connectivity index is 2.57. The van der Waals surface area contributed by atoms with Gasteiger partial charge in [0.2, 0.25) is 11.8 Å². The fourth-order valence-electron chi connectivity index (χ4n) is 1.33. The summed E-state index contributed by atoms with van der Waals surface area (Å²) >= 11 is 5.92. The summed E-state index contributed by atoms with van der Waals surface area (Å²) in [4.78, 5) is 24.3. The van der Waals surface area contributed by atoms with Crippen LogP contribution in [0.1, 0.15) is 6.92 Å². The number of amides is 2. The van der Waals surface area contributed by atoms with Gasteiger partial charge in [-0.2, -0.15) is 0 Å². The molecule has 0 aromatic heterocycles. The number of nitrogens with two attached hydrogens (primary N) is 1. The molecule has 0 aliphatic carbocycles. The SMILES string of the molecule is C[C@H](C(N)=O)N(C)CC(=O)Nc1ccccc1Cl. The minimum atomic E-state index is -0.498. The van der Waals surface area contributed by atoms with Gasteiger partial charge >= 0.3 is 0 Å². The lowest BCUT2D eigenvalue weighted by Gasteiger charge is -2.21. The first-order valence-electron chi connectivity index (χ1n) is 5.45. The highest BCUT2D eigenvalue weighted by Gasteiger charge is 2.17. The number of nitrogens with one attached hydrogen (secondary N) is 1. The molecule has 0 saturated carbocycles. The van der Waals surface area contributed by atoms with Gasteiger partial charge < -0.3 is 11.1 Å². The number of carbonyl (C=O) groups excluding carboxylic acids is 2. The largest absolute Gasteiger partial charge is 0.368 e. The lowest BCUT2D eigenvalue weighted by Crippen LogP contribution is -2.43. The molecule has 6 heteroatoms. The van der Waals surface area contributed by atoms with Crippen molar-refractivity contribution in [2.24, 2.45) is 5.73 Å². The molecule has 0 heterocycles. The Morgan fingerprint density at radius 2 is 2.06 bits per heavy atom.